The van der Waals surface area contributed by atoms with Gasteiger partial charge in [0.2, 0.25) is 0 Å². The quantitative estimate of drug-likeness (QED) is 0.631. The molecule has 3 aromatic carbocycles. The van der Waals surface area contributed by atoms with Gasteiger partial charge in [-0.2, -0.15) is 0 Å². The van der Waals surface area contributed by atoms with E-state index in [0.29, 0.717) is 11.3 Å². The number of methoxy groups -OCH3 is 1. The molecular weight excluding hydrogens is 388 g/mol. The number of alkyl carbamates (subject to hydrolysis) is 1. The minimum absolute atomic E-state index is 0.105. The lowest BCUT2D eigenvalue weighted by Crippen LogP contribution is -2.19. The van der Waals surface area contributed by atoms with Crippen LogP contribution in [0, 0.1) is 23.5 Å². The summed E-state index contributed by atoms with van der Waals surface area (Å²) in [5.41, 5.74) is 2.32. The van der Waals surface area contributed by atoms with Gasteiger partial charge in [0.05, 0.1) is 18.7 Å². The van der Waals surface area contributed by atoms with Gasteiger partial charge in [-0.3, -0.25) is 0 Å². The van der Waals surface area contributed by atoms with Gasteiger partial charge in [0.1, 0.15) is 17.4 Å². The van der Waals surface area contributed by atoms with Crippen molar-refractivity contribution in [1.82, 2.24) is 5.32 Å². The van der Waals surface area contributed by atoms with Crippen LogP contribution in [0.5, 0.6) is 5.75 Å². The number of rotatable bonds is 3. The van der Waals surface area contributed by atoms with Crippen molar-refractivity contribution in [3.63, 3.8) is 0 Å². The van der Waals surface area contributed by atoms with Crippen molar-refractivity contribution in [2.45, 2.75) is 12.1 Å². The van der Waals surface area contributed by atoms with Crippen LogP contribution in [-0.4, -0.2) is 13.2 Å². The van der Waals surface area contributed by atoms with Gasteiger partial charge in [-0.1, -0.05) is 36.1 Å². The lowest BCUT2D eigenvalue weighted by molar-refractivity contribution is 0.132. The van der Waals surface area contributed by atoms with E-state index in [1.54, 1.807) is 25.3 Å². The number of cyclic esters (lactones) is 1. The van der Waals surface area contributed by atoms with Crippen molar-refractivity contribution < 1.29 is 23.0 Å². The average molecular weight is 405 g/mol. The summed E-state index contributed by atoms with van der Waals surface area (Å²) >= 11 is 0. The molecule has 1 aliphatic rings. The van der Waals surface area contributed by atoms with Gasteiger partial charge in [-0.25, -0.2) is 13.6 Å². The van der Waals surface area contributed by atoms with E-state index in [1.807, 2.05) is 30.3 Å². The first-order valence-corrected chi connectivity index (χ1v) is 9.21. The van der Waals surface area contributed by atoms with E-state index in [2.05, 4.69) is 17.2 Å². The van der Waals surface area contributed by atoms with Gasteiger partial charge in [-0.15, -0.1) is 0 Å². The molecule has 3 aromatic rings. The highest BCUT2D eigenvalue weighted by atomic mass is 19.1. The Balaban J connectivity index is 1.64. The first-order valence-electron chi connectivity index (χ1n) is 9.21. The molecule has 1 saturated heterocycles. The van der Waals surface area contributed by atoms with Gasteiger partial charge >= 0.3 is 6.09 Å². The molecule has 1 fully saturated rings. The van der Waals surface area contributed by atoms with E-state index >= 15 is 0 Å². The molecule has 0 spiro atoms. The van der Waals surface area contributed by atoms with E-state index in [9.17, 15) is 13.6 Å². The first kappa shape index (κ1) is 19.5. The number of hydrogen-bond acceptors (Lipinski definition) is 3. The summed E-state index contributed by atoms with van der Waals surface area (Å²) in [6.07, 6.45) is -1.05. The molecule has 0 aromatic heterocycles. The standard InChI is InChI=1S/C24H17F2NO3/c1-29-20-7-3-6-18(13-20)23-22(27-24(28)30-23)17-5-2-4-15(12-17)8-9-16-10-11-19(25)14-21(16)26/h2-7,10-14,22-23H,1H3,(H,27,28)/t22-,23-/m1/s1. The van der Waals surface area contributed by atoms with Crippen LogP contribution in [0.3, 0.4) is 0 Å². The zero-order chi connectivity index (χ0) is 21.1. The number of amides is 1. The predicted octanol–water partition coefficient (Wildman–Crippen LogP) is 4.90. The van der Waals surface area contributed by atoms with E-state index in [-0.39, 0.29) is 5.56 Å². The highest BCUT2D eigenvalue weighted by Crippen LogP contribution is 2.37. The van der Waals surface area contributed by atoms with Crippen LogP contribution >= 0.6 is 0 Å². The third kappa shape index (κ3) is 4.11. The van der Waals surface area contributed by atoms with Crippen molar-refractivity contribution >= 4 is 6.09 Å². The van der Waals surface area contributed by atoms with Crippen LogP contribution in [0.15, 0.2) is 66.7 Å². The maximum Gasteiger partial charge on any atom is 0.408 e. The highest BCUT2D eigenvalue weighted by Gasteiger charge is 2.36. The molecule has 150 valence electrons. The van der Waals surface area contributed by atoms with Gasteiger partial charge in [0.25, 0.3) is 0 Å². The third-order valence-corrected chi connectivity index (χ3v) is 4.75. The molecule has 6 heteroatoms. The molecule has 0 saturated carbocycles. The van der Waals surface area contributed by atoms with E-state index < -0.39 is 29.9 Å². The van der Waals surface area contributed by atoms with Crippen molar-refractivity contribution in [3.05, 3.63) is 101 Å². The van der Waals surface area contributed by atoms with Crippen molar-refractivity contribution in [2.24, 2.45) is 0 Å². The van der Waals surface area contributed by atoms with Gasteiger partial charge in [0, 0.05) is 11.6 Å². The van der Waals surface area contributed by atoms with Crippen molar-refractivity contribution in [1.29, 1.82) is 0 Å². The summed E-state index contributed by atoms with van der Waals surface area (Å²) < 4.78 is 37.6. The van der Waals surface area contributed by atoms with Crippen LogP contribution in [0.1, 0.15) is 34.4 Å². The molecule has 1 N–H and O–H groups in total. The minimum Gasteiger partial charge on any atom is -0.497 e. The molecule has 2 atom stereocenters. The Hall–Kier alpha value is -3.85. The Morgan fingerprint density at radius 3 is 2.57 bits per heavy atom. The van der Waals surface area contributed by atoms with Crippen LogP contribution in [0.4, 0.5) is 13.6 Å². The zero-order valence-electron chi connectivity index (χ0n) is 16.0. The maximum atomic E-state index is 13.8. The molecule has 1 amide bonds. The molecule has 0 radical (unpaired) electrons. The second-order valence-corrected chi connectivity index (χ2v) is 6.72. The fourth-order valence-electron chi connectivity index (χ4n) is 3.30. The largest absolute Gasteiger partial charge is 0.497 e. The Labute approximate surface area is 172 Å². The second kappa shape index (κ2) is 8.26. The fraction of sp³-hybridized carbons (Fsp3) is 0.125. The van der Waals surface area contributed by atoms with Crippen LogP contribution in [0.2, 0.25) is 0 Å². The predicted molar refractivity (Wildman–Crippen MR) is 107 cm³/mol. The minimum atomic E-state index is -0.715. The fourth-order valence-corrected chi connectivity index (χ4v) is 3.30. The average Bonchev–Trinajstić information content (AvgIpc) is 3.15. The van der Waals surface area contributed by atoms with Gasteiger partial charge in [0.15, 0.2) is 6.10 Å². The molecule has 30 heavy (non-hydrogen) atoms. The molecule has 0 aliphatic carbocycles. The number of ether oxygens (including phenoxy) is 2. The smallest absolute Gasteiger partial charge is 0.408 e. The maximum absolute atomic E-state index is 13.8. The van der Waals surface area contributed by atoms with E-state index in [4.69, 9.17) is 9.47 Å². The zero-order valence-corrected chi connectivity index (χ0v) is 16.0. The summed E-state index contributed by atoms with van der Waals surface area (Å²) in [7, 11) is 1.57. The summed E-state index contributed by atoms with van der Waals surface area (Å²) in [6, 6.07) is 17.4. The summed E-state index contributed by atoms with van der Waals surface area (Å²) in [5, 5.41) is 2.82. The summed E-state index contributed by atoms with van der Waals surface area (Å²) in [4.78, 5) is 12.0. The Morgan fingerprint density at radius 1 is 0.967 bits per heavy atom. The summed E-state index contributed by atoms with van der Waals surface area (Å²) in [5.74, 6) is 4.89. The number of benzene rings is 3. The molecule has 4 nitrogen and oxygen atoms in total. The van der Waals surface area contributed by atoms with E-state index in [1.165, 1.54) is 6.07 Å². The Morgan fingerprint density at radius 2 is 1.77 bits per heavy atom. The van der Waals surface area contributed by atoms with Crippen molar-refractivity contribution in [2.75, 3.05) is 7.11 Å². The molecule has 0 unspecified atom stereocenters. The Bertz CT molecular complexity index is 1170. The molecule has 1 aliphatic heterocycles. The lowest BCUT2D eigenvalue weighted by Gasteiger charge is -2.18. The third-order valence-electron chi connectivity index (χ3n) is 4.75. The van der Waals surface area contributed by atoms with Gasteiger partial charge < -0.3 is 14.8 Å². The molecule has 0 bridgehead atoms. The topological polar surface area (TPSA) is 47.6 Å². The lowest BCUT2D eigenvalue weighted by atomic mass is 9.95. The molecular formula is C24H17F2NO3. The number of hydrogen-bond donors (Lipinski definition) is 1. The van der Waals surface area contributed by atoms with Gasteiger partial charge in [-0.05, 0) is 47.5 Å². The SMILES string of the molecule is COc1cccc([C@H]2OC(=O)N[C@@H]2c2cccc(C#Cc3ccc(F)cc3F)c2)c1. The first-order chi connectivity index (χ1) is 14.5. The van der Waals surface area contributed by atoms with Crippen LogP contribution in [-0.2, 0) is 4.74 Å². The molecule has 1 heterocycles. The normalized spacial score (nSPS) is 17.5. The monoisotopic (exact) mass is 405 g/mol. The van der Waals surface area contributed by atoms with Crippen molar-refractivity contribution in [3.8, 4) is 17.6 Å². The highest BCUT2D eigenvalue weighted by molar-refractivity contribution is 5.71. The van der Waals surface area contributed by atoms with E-state index in [0.717, 1.165) is 23.3 Å². The number of nitrogens with one attached hydrogen (secondary N) is 1. The Kier molecular flexibility index (Phi) is 5.36. The summed E-state index contributed by atoms with van der Waals surface area (Å²) in [6.45, 7) is 0. The number of halogens is 2. The van der Waals surface area contributed by atoms with Crippen LogP contribution in [0.25, 0.3) is 0 Å². The molecule has 4 rings (SSSR count). The van der Waals surface area contributed by atoms with Crippen LogP contribution < -0.4 is 10.1 Å². The number of carbonyl (C=O) groups excluding carboxylic acids is 1. The second-order valence-electron chi connectivity index (χ2n) is 6.72. The number of carbonyl (C=O) groups is 1.